The fourth-order valence-corrected chi connectivity index (χ4v) is 9.06. The van der Waals surface area contributed by atoms with Gasteiger partial charge < -0.3 is 29.7 Å². The first-order chi connectivity index (χ1) is 24.1. The molecule has 0 aliphatic carbocycles. The highest BCUT2D eigenvalue weighted by Crippen LogP contribution is 2.56. The molecule has 3 amide bonds. The standard InChI is InChI=1S/C38H48Cl2N6O4S/c1-23(2)30-31(34(48)45-16-8-9-29(45)33(47)44-19-17-43(7)18-20-44)51-35-41-38(6,32(46(30)35)24-10-13-27(39)14-11-24)26-12-15-28(40)25(21-26)22-50-36(49)42-37(3,4)5/h10-15,21,23,29,32H,8-9,16-20,22H2,1-7H3,(H,42,49)/t29-,32+,38-/m0/s1. The van der Waals surface area contributed by atoms with Gasteiger partial charge in [-0.05, 0) is 101 Å². The monoisotopic (exact) mass is 754 g/mol. The van der Waals surface area contributed by atoms with Gasteiger partial charge in [0.15, 0.2) is 5.17 Å². The summed E-state index contributed by atoms with van der Waals surface area (Å²) in [5.74, 6) is -0.0838. The molecule has 0 unspecified atom stereocenters. The number of alkyl carbamates (subject to hydrolysis) is 1. The Morgan fingerprint density at radius 1 is 1.04 bits per heavy atom. The van der Waals surface area contributed by atoms with Crippen LogP contribution in [0.4, 0.5) is 4.79 Å². The lowest BCUT2D eigenvalue weighted by Crippen LogP contribution is -2.53. The van der Waals surface area contributed by atoms with Crippen molar-refractivity contribution >= 4 is 58.0 Å². The molecule has 4 aliphatic rings. The van der Waals surface area contributed by atoms with Crippen LogP contribution in [0, 0.1) is 5.92 Å². The third kappa shape index (κ3) is 7.63. The third-order valence-electron chi connectivity index (χ3n) is 10.0. The first kappa shape index (κ1) is 37.5. The number of amides is 3. The first-order valence-corrected chi connectivity index (χ1v) is 19.2. The summed E-state index contributed by atoms with van der Waals surface area (Å²) >= 11 is 14.4. The fraction of sp³-hybridized carbons (Fsp3) is 0.526. The quantitative estimate of drug-likeness (QED) is 0.325. The van der Waals surface area contributed by atoms with Gasteiger partial charge in [-0.25, -0.2) is 9.79 Å². The van der Waals surface area contributed by atoms with Crippen molar-refractivity contribution in [2.45, 2.75) is 84.2 Å². The molecule has 2 aromatic carbocycles. The van der Waals surface area contributed by atoms with E-state index in [1.165, 1.54) is 11.8 Å². The molecule has 2 aromatic rings. The number of likely N-dealkylation sites (N-methyl/N-ethyl adjacent to an activating group) is 1. The minimum Gasteiger partial charge on any atom is -0.445 e. The van der Waals surface area contributed by atoms with E-state index in [2.05, 4.69) is 42.9 Å². The Labute approximate surface area is 315 Å². The lowest BCUT2D eigenvalue weighted by molar-refractivity contribution is -0.143. The summed E-state index contributed by atoms with van der Waals surface area (Å²) in [6, 6.07) is 12.7. The normalized spacial score (nSPS) is 24.0. The molecule has 4 heterocycles. The van der Waals surface area contributed by atoms with Crippen LogP contribution in [0.1, 0.15) is 77.1 Å². The van der Waals surface area contributed by atoms with Crippen molar-refractivity contribution in [3.05, 3.63) is 79.8 Å². The van der Waals surface area contributed by atoms with Gasteiger partial charge in [0.1, 0.15) is 23.1 Å². The highest BCUT2D eigenvalue weighted by Gasteiger charge is 2.54. The molecule has 10 nitrogen and oxygen atoms in total. The number of amidine groups is 1. The number of fused-ring (bicyclic) bond motifs is 1. The van der Waals surface area contributed by atoms with Gasteiger partial charge in [0.25, 0.3) is 5.91 Å². The predicted octanol–water partition coefficient (Wildman–Crippen LogP) is 7.03. The second-order valence-corrected chi connectivity index (χ2v) is 17.2. The number of nitrogens with one attached hydrogen (secondary N) is 1. The van der Waals surface area contributed by atoms with E-state index < -0.39 is 23.2 Å². The Morgan fingerprint density at radius 2 is 1.73 bits per heavy atom. The van der Waals surface area contributed by atoms with E-state index in [1.807, 2.05) is 68.1 Å². The van der Waals surface area contributed by atoms with E-state index >= 15 is 0 Å². The van der Waals surface area contributed by atoms with Crippen LogP contribution in [-0.2, 0) is 26.5 Å². The highest BCUT2D eigenvalue weighted by molar-refractivity contribution is 8.18. The smallest absolute Gasteiger partial charge is 0.407 e. The van der Waals surface area contributed by atoms with Crippen LogP contribution in [0.25, 0.3) is 0 Å². The van der Waals surface area contributed by atoms with E-state index in [9.17, 15) is 14.4 Å². The number of likely N-dealkylation sites (tertiary alicyclic amines) is 1. The maximum atomic E-state index is 14.6. The number of halogens is 2. The molecular weight excluding hydrogens is 707 g/mol. The number of benzene rings is 2. The summed E-state index contributed by atoms with van der Waals surface area (Å²) in [5, 5.41) is 4.65. The predicted molar refractivity (Wildman–Crippen MR) is 204 cm³/mol. The van der Waals surface area contributed by atoms with Crippen molar-refractivity contribution in [2.24, 2.45) is 10.9 Å². The van der Waals surface area contributed by atoms with Crippen LogP contribution in [0.5, 0.6) is 0 Å². The molecule has 1 N–H and O–H groups in total. The Bertz CT molecular complexity index is 1750. The lowest BCUT2D eigenvalue weighted by atomic mass is 9.80. The zero-order valence-electron chi connectivity index (χ0n) is 30.5. The van der Waals surface area contributed by atoms with Crippen LogP contribution in [0.3, 0.4) is 0 Å². The van der Waals surface area contributed by atoms with Crippen molar-refractivity contribution in [1.82, 2.24) is 24.9 Å². The van der Waals surface area contributed by atoms with Gasteiger partial charge in [-0.1, -0.05) is 55.2 Å². The second-order valence-electron chi connectivity index (χ2n) is 15.4. The fourth-order valence-electron chi connectivity index (χ4n) is 7.40. The van der Waals surface area contributed by atoms with Crippen molar-refractivity contribution < 1.29 is 19.1 Å². The third-order valence-corrected chi connectivity index (χ3v) is 11.7. The van der Waals surface area contributed by atoms with Gasteiger partial charge in [-0.15, -0.1) is 0 Å². The van der Waals surface area contributed by atoms with E-state index in [0.29, 0.717) is 46.6 Å². The van der Waals surface area contributed by atoms with Gasteiger partial charge in [0.2, 0.25) is 5.91 Å². The molecule has 0 aromatic heterocycles. The Balaban J connectivity index is 1.34. The summed E-state index contributed by atoms with van der Waals surface area (Å²) in [6.45, 7) is 15.5. The maximum absolute atomic E-state index is 14.6. The summed E-state index contributed by atoms with van der Waals surface area (Å²) < 4.78 is 5.56. The van der Waals surface area contributed by atoms with Crippen LogP contribution in [-0.4, -0.2) is 94.0 Å². The minimum absolute atomic E-state index is 0.00897. The molecule has 4 aliphatic heterocycles. The van der Waals surface area contributed by atoms with E-state index in [4.69, 9.17) is 32.9 Å². The average molecular weight is 756 g/mol. The van der Waals surface area contributed by atoms with Gasteiger partial charge in [0.05, 0.1) is 6.04 Å². The molecule has 274 valence electrons. The number of carbonyl (C=O) groups is 3. The van der Waals surface area contributed by atoms with Gasteiger partial charge in [-0.3, -0.25) is 9.59 Å². The lowest BCUT2D eigenvalue weighted by Gasteiger charge is -2.37. The number of thioether (sulfide) groups is 1. The minimum atomic E-state index is -0.814. The summed E-state index contributed by atoms with van der Waals surface area (Å²) in [6.07, 6.45) is 0.936. The largest absolute Gasteiger partial charge is 0.445 e. The van der Waals surface area contributed by atoms with Crippen LogP contribution >= 0.6 is 35.0 Å². The van der Waals surface area contributed by atoms with E-state index in [-0.39, 0.29) is 30.4 Å². The van der Waals surface area contributed by atoms with Crippen LogP contribution < -0.4 is 5.32 Å². The maximum Gasteiger partial charge on any atom is 0.407 e. The van der Waals surface area contributed by atoms with Gasteiger partial charge in [-0.2, -0.15) is 0 Å². The molecule has 2 fully saturated rings. The molecule has 6 rings (SSSR count). The Hall–Kier alpha value is -3.25. The molecule has 0 radical (unpaired) electrons. The van der Waals surface area contributed by atoms with Gasteiger partial charge >= 0.3 is 6.09 Å². The highest BCUT2D eigenvalue weighted by atomic mass is 35.5. The average Bonchev–Trinajstić information content (AvgIpc) is 3.77. The Kier molecular flexibility index (Phi) is 10.8. The molecular formula is C38H48Cl2N6O4S. The number of rotatable bonds is 7. The number of nitrogens with zero attached hydrogens (tertiary/aromatic N) is 5. The van der Waals surface area contributed by atoms with Crippen molar-refractivity contribution in [3.8, 4) is 0 Å². The number of piperazine rings is 1. The second kappa shape index (κ2) is 14.6. The van der Waals surface area contributed by atoms with Crippen molar-refractivity contribution in [1.29, 1.82) is 0 Å². The SMILES string of the molecule is CC(C)C1=C(C(=O)N2CCC[C@H]2C(=O)N2CCN(C)CC2)SC2=N[C@@](C)(c3ccc(Cl)c(COC(=O)NC(C)(C)C)c3)[C@@H](c3ccc(Cl)cc3)N21. The summed E-state index contributed by atoms with van der Waals surface area (Å²) in [7, 11) is 2.07. The number of carbonyl (C=O) groups excluding carboxylic acids is 3. The van der Waals surface area contributed by atoms with Crippen LogP contribution in [0.2, 0.25) is 10.0 Å². The molecule has 13 heteroatoms. The zero-order chi connectivity index (χ0) is 36.8. The van der Waals surface area contributed by atoms with Crippen LogP contribution in [0.15, 0.2) is 58.1 Å². The summed E-state index contributed by atoms with van der Waals surface area (Å²) in [4.78, 5) is 55.0. The number of aliphatic imine (C=N–C) groups is 1. The molecule has 3 atom stereocenters. The van der Waals surface area contributed by atoms with E-state index in [0.717, 1.165) is 41.5 Å². The van der Waals surface area contributed by atoms with E-state index in [1.54, 1.807) is 4.90 Å². The van der Waals surface area contributed by atoms with Gasteiger partial charge in [0, 0.05) is 59.6 Å². The number of hydrogen-bond acceptors (Lipinski definition) is 8. The molecule has 0 bridgehead atoms. The molecule has 0 spiro atoms. The molecule has 0 saturated carbocycles. The van der Waals surface area contributed by atoms with Crippen molar-refractivity contribution in [3.63, 3.8) is 0 Å². The number of hydrogen-bond donors (Lipinski definition) is 1. The number of allylic oxidation sites excluding steroid dienone is 1. The first-order valence-electron chi connectivity index (χ1n) is 17.7. The number of ether oxygens (including phenoxy) is 1. The Morgan fingerprint density at radius 3 is 2.37 bits per heavy atom. The topological polar surface area (TPSA) is 97.8 Å². The van der Waals surface area contributed by atoms with Crippen molar-refractivity contribution in [2.75, 3.05) is 39.8 Å². The zero-order valence-corrected chi connectivity index (χ0v) is 32.8. The summed E-state index contributed by atoms with van der Waals surface area (Å²) in [5.41, 5.74) is 2.16. The molecule has 2 saturated heterocycles. The molecule has 51 heavy (non-hydrogen) atoms.